The predicted molar refractivity (Wildman–Crippen MR) is 82.3 cm³/mol. The van der Waals surface area contributed by atoms with Crippen LogP contribution in [0.2, 0.25) is 0 Å². The van der Waals surface area contributed by atoms with Crippen LogP contribution in [-0.4, -0.2) is 33.5 Å². The summed E-state index contributed by atoms with van der Waals surface area (Å²) in [5, 5.41) is 0. The SMILES string of the molecule is CCOC(=O)CC(=O)CSc1nc(-c2ccccc2)ns1. The van der Waals surface area contributed by atoms with E-state index in [1.807, 2.05) is 30.3 Å². The predicted octanol–water partition coefficient (Wildman–Crippen LogP) is 2.82. The van der Waals surface area contributed by atoms with E-state index < -0.39 is 5.97 Å². The first-order valence-corrected chi connectivity index (χ1v) is 8.14. The molecule has 0 aliphatic carbocycles. The van der Waals surface area contributed by atoms with Gasteiger partial charge in [0, 0.05) is 5.56 Å². The highest BCUT2D eigenvalue weighted by atomic mass is 32.2. The van der Waals surface area contributed by atoms with Crippen LogP contribution in [0.5, 0.6) is 0 Å². The van der Waals surface area contributed by atoms with Gasteiger partial charge in [-0.15, -0.1) is 0 Å². The van der Waals surface area contributed by atoms with E-state index in [-0.39, 0.29) is 24.6 Å². The number of rotatable bonds is 7. The number of hydrogen-bond donors (Lipinski definition) is 0. The molecule has 0 radical (unpaired) electrons. The molecule has 0 aliphatic rings. The van der Waals surface area contributed by atoms with Crippen molar-refractivity contribution in [2.24, 2.45) is 0 Å². The molecule has 21 heavy (non-hydrogen) atoms. The number of benzene rings is 1. The second-order valence-corrected chi connectivity index (χ2v) is 6.03. The van der Waals surface area contributed by atoms with Gasteiger partial charge in [0.1, 0.15) is 6.42 Å². The van der Waals surface area contributed by atoms with Gasteiger partial charge in [-0.2, -0.15) is 4.37 Å². The number of thioether (sulfide) groups is 1. The number of aromatic nitrogens is 2. The molecular weight excluding hydrogens is 308 g/mol. The van der Waals surface area contributed by atoms with Gasteiger partial charge in [-0.1, -0.05) is 42.1 Å². The zero-order valence-electron chi connectivity index (χ0n) is 11.4. The van der Waals surface area contributed by atoms with E-state index >= 15 is 0 Å². The topological polar surface area (TPSA) is 69.2 Å². The summed E-state index contributed by atoms with van der Waals surface area (Å²) in [6.07, 6.45) is -0.189. The number of nitrogens with zero attached hydrogens (tertiary/aromatic N) is 2. The molecule has 0 N–H and O–H groups in total. The summed E-state index contributed by atoms with van der Waals surface area (Å²) in [4.78, 5) is 27.2. The number of hydrogen-bond acceptors (Lipinski definition) is 7. The Morgan fingerprint density at radius 3 is 2.76 bits per heavy atom. The Morgan fingerprint density at radius 1 is 1.29 bits per heavy atom. The highest BCUT2D eigenvalue weighted by molar-refractivity contribution is 8.01. The molecule has 1 aromatic carbocycles. The number of carbonyl (C=O) groups is 2. The average Bonchev–Trinajstić information content (AvgIpc) is 2.95. The van der Waals surface area contributed by atoms with Crippen LogP contribution >= 0.6 is 23.3 Å². The third-order valence-electron chi connectivity index (χ3n) is 2.44. The summed E-state index contributed by atoms with van der Waals surface area (Å²) in [5.41, 5.74) is 0.943. The maximum atomic E-state index is 11.6. The van der Waals surface area contributed by atoms with E-state index in [0.29, 0.717) is 10.2 Å². The van der Waals surface area contributed by atoms with Crippen LogP contribution < -0.4 is 0 Å². The van der Waals surface area contributed by atoms with E-state index in [1.54, 1.807) is 6.92 Å². The minimum Gasteiger partial charge on any atom is -0.466 e. The molecule has 1 heterocycles. The van der Waals surface area contributed by atoms with Crippen LogP contribution in [0.25, 0.3) is 11.4 Å². The average molecular weight is 322 g/mol. The molecule has 0 saturated carbocycles. The minimum atomic E-state index is -0.481. The summed E-state index contributed by atoms with van der Waals surface area (Å²) in [6, 6.07) is 9.64. The number of ketones is 1. The Morgan fingerprint density at radius 2 is 2.05 bits per heavy atom. The van der Waals surface area contributed by atoms with Crippen molar-refractivity contribution in [3.05, 3.63) is 30.3 Å². The van der Waals surface area contributed by atoms with Gasteiger partial charge in [0.25, 0.3) is 0 Å². The molecule has 5 nitrogen and oxygen atoms in total. The first kappa shape index (κ1) is 15.7. The number of Topliss-reactive ketones (excluding diaryl/α,β-unsaturated/α-hetero) is 1. The third-order valence-corrected chi connectivity index (χ3v) is 4.34. The Labute approximate surface area is 130 Å². The Balaban J connectivity index is 1.86. The van der Waals surface area contributed by atoms with E-state index in [4.69, 9.17) is 4.74 Å². The standard InChI is InChI=1S/C14H14N2O3S2/c1-2-19-12(18)8-11(17)9-20-14-15-13(16-21-14)10-6-4-3-5-7-10/h3-7H,2,8-9H2,1H3. The molecule has 1 aromatic heterocycles. The maximum Gasteiger partial charge on any atom is 0.313 e. The van der Waals surface area contributed by atoms with Gasteiger partial charge in [-0.05, 0) is 18.5 Å². The highest BCUT2D eigenvalue weighted by Crippen LogP contribution is 2.25. The van der Waals surface area contributed by atoms with Gasteiger partial charge in [-0.25, -0.2) is 4.98 Å². The molecule has 0 unspecified atom stereocenters. The van der Waals surface area contributed by atoms with Crippen LogP contribution in [0.1, 0.15) is 13.3 Å². The molecule has 0 atom stereocenters. The molecule has 0 aliphatic heterocycles. The van der Waals surface area contributed by atoms with E-state index in [1.165, 1.54) is 23.3 Å². The third kappa shape index (κ3) is 4.95. The molecule has 0 amide bonds. The van der Waals surface area contributed by atoms with Crippen LogP contribution in [0, 0.1) is 0 Å². The number of ether oxygens (including phenoxy) is 1. The smallest absolute Gasteiger partial charge is 0.313 e. The van der Waals surface area contributed by atoms with E-state index in [9.17, 15) is 9.59 Å². The molecule has 0 bridgehead atoms. The quantitative estimate of drug-likeness (QED) is 0.443. The fourth-order valence-corrected chi connectivity index (χ4v) is 3.01. The number of carbonyl (C=O) groups excluding carboxylic acids is 2. The zero-order chi connectivity index (χ0) is 15.1. The van der Waals surface area contributed by atoms with Crippen molar-refractivity contribution < 1.29 is 14.3 Å². The minimum absolute atomic E-state index is 0.171. The van der Waals surface area contributed by atoms with Gasteiger partial charge in [0.05, 0.1) is 12.4 Å². The summed E-state index contributed by atoms with van der Waals surface area (Å²) in [5.74, 6) is 0.198. The second-order valence-electron chi connectivity index (χ2n) is 4.06. The molecule has 2 aromatic rings. The summed E-state index contributed by atoms with van der Waals surface area (Å²) < 4.78 is 9.71. The van der Waals surface area contributed by atoms with Crippen molar-refractivity contribution in [3.8, 4) is 11.4 Å². The second kappa shape index (κ2) is 7.90. The fourth-order valence-electron chi connectivity index (χ4n) is 1.54. The van der Waals surface area contributed by atoms with Gasteiger partial charge in [0.2, 0.25) is 0 Å². The highest BCUT2D eigenvalue weighted by Gasteiger charge is 2.13. The Hall–Kier alpha value is -1.73. The van der Waals surface area contributed by atoms with Crippen molar-refractivity contribution in [1.82, 2.24) is 9.36 Å². The lowest BCUT2D eigenvalue weighted by molar-refractivity contribution is -0.145. The van der Waals surface area contributed by atoms with Crippen molar-refractivity contribution in [1.29, 1.82) is 0 Å². The largest absolute Gasteiger partial charge is 0.466 e. The first-order valence-electron chi connectivity index (χ1n) is 6.38. The fraction of sp³-hybridized carbons (Fsp3) is 0.286. The van der Waals surface area contributed by atoms with Gasteiger partial charge in [-0.3, -0.25) is 9.59 Å². The Kier molecular flexibility index (Phi) is 5.89. The van der Waals surface area contributed by atoms with E-state index in [0.717, 1.165) is 5.56 Å². The molecule has 0 saturated heterocycles. The van der Waals surface area contributed by atoms with Gasteiger partial charge < -0.3 is 4.74 Å². The maximum absolute atomic E-state index is 11.6. The van der Waals surface area contributed by atoms with Crippen molar-refractivity contribution >= 4 is 35.0 Å². The summed E-state index contributed by atoms with van der Waals surface area (Å²) in [6.45, 7) is 2.00. The van der Waals surface area contributed by atoms with Gasteiger partial charge >= 0.3 is 5.97 Å². The van der Waals surface area contributed by atoms with Crippen LogP contribution in [0.3, 0.4) is 0 Å². The summed E-state index contributed by atoms with van der Waals surface area (Å²) in [7, 11) is 0. The lowest BCUT2D eigenvalue weighted by atomic mass is 10.2. The lowest BCUT2D eigenvalue weighted by Gasteiger charge is -1.99. The molecule has 7 heteroatoms. The molecule has 2 rings (SSSR count). The Bertz CT molecular complexity index is 614. The van der Waals surface area contributed by atoms with Crippen molar-refractivity contribution in [2.45, 2.75) is 17.7 Å². The van der Waals surface area contributed by atoms with Crippen LogP contribution in [-0.2, 0) is 14.3 Å². The zero-order valence-corrected chi connectivity index (χ0v) is 13.1. The van der Waals surface area contributed by atoms with Crippen LogP contribution in [0.4, 0.5) is 0 Å². The summed E-state index contributed by atoms with van der Waals surface area (Å²) >= 11 is 2.54. The lowest BCUT2D eigenvalue weighted by Crippen LogP contribution is -2.12. The first-order chi connectivity index (χ1) is 10.2. The molecule has 0 spiro atoms. The normalized spacial score (nSPS) is 10.3. The monoisotopic (exact) mass is 322 g/mol. The van der Waals surface area contributed by atoms with Crippen molar-refractivity contribution in [2.75, 3.05) is 12.4 Å². The molecule has 0 fully saturated rings. The van der Waals surface area contributed by atoms with Crippen molar-refractivity contribution in [3.63, 3.8) is 0 Å². The van der Waals surface area contributed by atoms with E-state index in [2.05, 4.69) is 9.36 Å². The molecule has 110 valence electrons. The van der Waals surface area contributed by atoms with Crippen LogP contribution in [0.15, 0.2) is 34.7 Å². The number of esters is 1. The molecular formula is C14H14N2O3S2. The van der Waals surface area contributed by atoms with Gasteiger partial charge in [0.15, 0.2) is 15.9 Å².